The lowest BCUT2D eigenvalue weighted by Crippen LogP contribution is -2.25. The lowest BCUT2D eigenvalue weighted by molar-refractivity contribution is -0.114. The smallest absolute Gasteiger partial charge is 0.262 e. The van der Waals surface area contributed by atoms with Crippen molar-refractivity contribution in [3.05, 3.63) is 60.7 Å². The Morgan fingerprint density at radius 3 is 2.50 bits per heavy atom. The fourth-order valence-electron chi connectivity index (χ4n) is 2.37. The van der Waals surface area contributed by atoms with E-state index in [-0.39, 0.29) is 34.3 Å². The molecule has 0 aromatic heterocycles. The van der Waals surface area contributed by atoms with Crippen LogP contribution in [0.1, 0.15) is 17.3 Å². The van der Waals surface area contributed by atoms with Gasteiger partial charge in [0.15, 0.2) is 0 Å². The zero-order valence-corrected chi connectivity index (χ0v) is 16.3. The highest BCUT2D eigenvalue weighted by Crippen LogP contribution is 2.29. The van der Waals surface area contributed by atoms with Crippen LogP contribution < -0.4 is 20.1 Å². The maximum atomic E-state index is 12.8. The molecule has 0 heterocycles. The molecule has 2 aromatic carbocycles. The second-order valence-corrected chi connectivity index (χ2v) is 7.38. The summed E-state index contributed by atoms with van der Waals surface area (Å²) >= 11 is 0. The minimum Gasteiger partial charge on any atom is -0.495 e. The van der Waals surface area contributed by atoms with Crippen LogP contribution in [0.4, 0.5) is 11.4 Å². The van der Waals surface area contributed by atoms with E-state index in [1.54, 1.807) is 12.1 Å². The van der Waals surface area contributed by atoms with Gasteiger partial charge < -0.3 is 15.4 Å². The fourth-order valence-corrected chi connectivity index (χ4v) is 3.46. The lowest BCUT2D eigenvalue weighted by Gasteiger charge is -2.14. The molecule has 0 aliphatic heterocycles. The molecule has 0 bridgehead atoms. The van der Waals surface area contributed by atoms with Crippen LogP contribution in [0.3, 0.4) is 0 Å². The molecule has 0 unspecified atom stereocenters. The Morgan fingerprint density at radius 2 is 1.86 bits per heavy atom. The second-order valence-electron chi connectivity index (χ2n) is 5.69. The van der Waals surface area contributed by atoms with E-state index in [9.17, 15) is 18.0 Å². The van der Waals surface area contributed by atoms with E-state index in [1.165, 1.54) is 50.4 Å². The Morgan fingerprint density at radius 1 is 1.14 bits per heavy atom. The number of nitrogens with one attached hydrogen (secondary N) is 3. The second kappa shape index (κ2) is 9.05. The Bertz CT molecular complexity index is 1000. The molecule has 0 fully saturated rings. The van der Waals surface area contributed by atoms with Crippen molar-refractivity contribution >= 4 is 33.2 Å². The van der Waals surface area contributed by atoms with Gasteiger partial charge in [0.1, 0.15) is 5.75 Å². The van der Waals surface area contributed by atoms with Crippen LogP contribution >= 0.6 is 0 Å². The van der Waals surface area contributed by atoms with E-state index in [4.69, 9.17) is 4.74 Å². The summed E-state index contributed by atoms with van der Waals surface area (Å²) in [5.41, 5.74) is 0.655. The number of hydrogen-bond acceptors (Lipinski definition) is 5. The highest BCUT2D eigenvalue weighted by Gasteiger charge is 2.20. The first-order valence-corrected chi connectivity index (χ1v) is 9.73. The molecule has 2 aromatic rings. The van der Waals surface area contributed by atoms with Crippen LogP contribution in [0.5, 0.6) is 5.75 Å². The topological polar surface area (TPSA) is 114 Å². The first-order valence-electron chi connectivity index (χ1n) is 8.25. The van der Waals surface area contributed by atoms with Gasteiger partial charge in [-0.3, -0.25) is 14.3 Å². The van der Waals surface area contributed by atoms with Gasteiger partial charge in [0, 0.05) is 19.5 Å². The number of amides is 2. The minimum absolute atomic E-state index is 0.0836. The van der Waals surface area contributed by atoms with E-state index in [2.05, 4.69) is 21.9 Å². The number of para-hydroxylation sites is 1. The zero-order chi connectivity index (χ0) is 20.7. The van der Waals surface area contributed by atoms with Crippen LogP contribution in [0.15, 0.2) is 60.0 Å². The number of methoxy groups -OCH3 is 1. The molecule has 0 saturated heterocycles. The van der Waals surface area contributed by atoms with Crippen LogP contribution in [-0.4, -0.2) is 33.9 Å². The summed E-state index contributed by atoms with van der Waals surface area (Å²) in [6.07, 6.45) is 1.52. The van der Waals surface area contributed by atoms with Crippen LogP contribution in [0.2, 0.25) is 0 Å². The summed E-state index contributed by atoms with van der Waals surface area (Å²) < 4.78 is 33.2. The van der Waals surface area contributed by atoms with Gasteiger partial charge in [-0.2, -0.15) is 0 Å². The van der Waals surface area contributed by atoms with Crippen LogP contribution in [0, 0.1) is 0 Å². The number of anilines is 2. The van der Waals surface area contributed by atoms with Gasteiger partial charge >= 0.3 is 0 Å². The van der Waals surface area contributed by atoms with Crippen molar-refractivity contribution in [1.29, 1.82) is 0 Å². The zero-order valence-electron chi connectivity index (χ0n) is 15.5. The minimum atomic E-state index is -4.01. The van der Waals surface area contributed by atoms with Crippen LogP contribution in [0.25, 0.3) is 0 Å². The van der Waals surface area contributed by atoms with Crippen molar-refractivity contribution in [3.8, 4) is 5.75 Å². The molecule has 0 atom stereocenters. The predicted octanol–water partition coefficient (Wildman–Crippen LogP) is 2.37. The molecule has 28 heavy (non-hydrogen) atoms. The van der Waals surface area contributed by atoms with Gasteiger partial charge in [-0.1, -0.05) is 18.2 Å². The summed E-state index contributed by atoms with van der Waals surface area (Å²) in [5, 5.41) is 5.16. The van der Waals surface area contributed by atoms with Gasteiger partial charge in [0.05, 0.1) is 28.9 Å². The standard InChI is InChI=1S/C19H21N3O5S/c1-4-11-20-19(24)15-7-5-6-8-16(15)22-28(25,26)14-9-10-17(21-13(2)23)18(12-14)27-3/h4-10,12,22H,1,11H2,2-3H3,(H,20,24)(H,21,23). The first kappa shape index (κ1) is 21.0. The predicted molar refractivity (Wildman–Crippen MR) is 107 cm³/mol. The average molecular weight is 403 g/mol. The number of sulfonamides is 1. The van der Waals surface area contributed by atoms with Crippen LogP contribution in [-0.2, 0) is 14.8 Å². The molecule has 148 valence electrons. The molecule has 0 aliphatic rings. The van der Waals surface area contributed by atoms with Gasteiger partial charge in [0.25, 0.3) is 15.9 Å². The quantitative estimate of drug-likeness (QED) is 0.586. The highest BCUT2D eigenvalue weighted by molar-refractivity contribution is 7.92. The monoisotopic (exact) mass is 403 g/mol. The van der Waals surface area contributed by atoms with E-state index in [1.807, 2.05) is 0 Å². The van der Waals surface area contributed by atoms with Crippen molar-refractivity contribution < 1.29 is 22.7 Å². The summed E-state index contributed by atoms with van der Waals surface area (Å²) in [5.74, 6) is -0.557. The van der Waals surface area contributed by atoms with E-state index >= 15 is 0 Å². The SMILES string of the molecule is C=CCNC(=O)c1ccccc1NS(=O)(=O)c1ccc(NC(C)=O)c(OC)c1. The molecular weight excluding hydrogens is 382 g/mol. The van der Waals surface area contributed by atoms with Crippen molar-refractivity contribution in [2.45, 2.75) is 11.8 Å². The molecule has 0 spiro atoms. The number of carbonyl (C=O) groups is 2. The molecule has 0 saturated carbocycles. The van der Waals surface area contributed by atoms with Crippen molar-refractivity contribution in [2.75, 3.05) is 23.7 Å². The molecule has 9 heteroatoms. The van der Waals surface area contributed by atoms with Gasteiger partial charge in [-0.25, -0.2) is 8.42 Å². The van der Waals surface area contributed by atoms with E-state index in [0.29, 0.717) is 5.69 Å². The van der Waals surface area contributed by atoms with E-state index in [0.717, 1.165) is 0 Å². The summed E-state index contributed by atoms with van der Waals surface area (Å²) in [6, 6.07) is 10.3. The lowest BCUT2D eigenvalue weighted by atomic mass is 10.1. The maximum Gasteiger partial charge on any atom is 0.262 e. The Balaban J connectivity index is 2.35. The number of hydrogen-bond donors (Lipinski definition) is 3. The number of ether oxygens (including phenoxy) is 1. The highest BCUT2D eigenvalue weighted by atomic mass is 32.2. The third-order valence-corrected chi connectivity index (χ3v) is 4.98. The largest absolute Gasteiger partial charge is 0.495 e. The van der Waals surface area contributed by atoms with Crippen molar-refractivity contribution in [2.24, 2.45) is 0 Å². The molecule has 0 aliphatic carbocycles. The van der Waals surface area contributed by atoms with Crippen molar-refractivity contribution in [3.63, 3.8) is 0 Å². The average Bonchev–Trinajstić information content (AvgIpc) is 2.66. The molecule has 8 nitrogen and oxygen atoms in total. The van der Waals surface area contributed by atoms with E-state index < -0.39 is 15.9 Å². The molecule has 2 amide bonds. The molecule has 2 rings (SSSR count). The molecular formula is C19H21N3O5S. The normalized spacial score (nSPS) is 10.6. The summed E-state index contributed by atoms with van der Waals surface area (Å²) in [7, 11) is -2.65. The van der Waals surface area contributed by atoms with Gasteiger partial charge in [-0.05, 0) is 24.3 Å². The van der Waals surface area contributed by atoms with Crippen molar-refractivity contribution in [1.82, 2.24) is 5.32 Å². The number of carbonyl (C=O) groups excluding carboxylic acids is 2. The van der Waals surface area contributed by atoms with Gasteiger partial charge in [-0.15, -0.1) is 6.58 Å². The maximum absolute atomic E-state index is 12.8. The number of rotatable bonds is 8. The Labute approximate surface area is 163 Å². The Hall–Kier alpha value is -3.33. The molecule has 3 N–H and O–H groups in total. The first-order chi connectivity index (χ1) is 13.3. The molecule has 0 radical (unpaired) electrons. The fraction of sp³-hybridized carbons (Fsp3) is 0.158. The Kier molecular flexibility index (Phi) is 6.78. The summed E-state index contributed by atoms with van der Waals surface area (Å²) in [6.45, 7) is 5.11. The number of benzene rings is 2. The third kappa shape index (κ3) is 5.10. The third-order valence-electron chi connectivity index (χ3n) is 3.62. The summed E-state index contributed by atoms with van der Waals surface area (Å²) in [4.78, 5) is 23.4. The van der Waals surface area contributed by atoms with Gasteiger partial charge in [0.2, 0.25) is 5.91 Å².